The third-order valence-electron chi connectivity index (χ3n) is 3.33. The van der Waals surface area contributed by atoms with Gasteiger partial charge in [0.1, 0.15) is 0 Å². The second kappa shape index (κ2) is 5.57. The number of aryl methyl sites for hydroxylation is 1. The van der Waals surface area contributed by atoms with Gasteiger partial charge in [0.25, 0.3) is 0 Å². The van der Waals surface area contributed by atoms with E-state index in [-0.39, 0.29) is 5.78 Å². The van der Waals surface area contributed by atoms with E-state index in [4.69, 9.17) is 11.6 Å². The maximum absolute atomic E-state index is 11.4. The van der Waals surface area contributed by atoms with Crippen LogP contribution in [0.3, 0.4) is 0 Å². The van der Waals surface area contributed by atoms with Gasteiger partial charge in [-0.05, 0) is 56.0 Å². The first-order chi connectivity index (χ1) is 8.61. The minimum atomic E-state index is 0.131. The first-order valence-electron chi connectivity index (χ1n) is 6.26. The summed E-state index contributed by atoms with van der Waals surface area (Å²) in [5.74, 6) is 0.131. The molecule has 3 heteroatoms. The third-order valence-corrected chi connectivity index (χ3v) is 3.70. The Morgan fingerprint density at radius 2 is 2.22 bits per heavy atom. The van der Waals surface area contributed by atoms with Gasteiger partial charge in [0.2, 0.25) is 0 Å². The van der Waals surface area contributed by atoms with Crippen molar-refractivity contribution in [3.8, 4) is 0 Å². The van der Waals surface area contributed by atoms with Crippen LogP contribution in [0.15, 0.2) is 29.3 Å². The zero-order valence-electron chi connectivity index (χ0n) is 10.9. The number of halogens is 1. The first-order valence-corrected chi connectivity index (χ1v) is 6.70. The highest BCUT2D eigenvalue weighted by Crippen LogP contribution is 2.28. The first kappa shape index (κ1) is 13.2. The van der Waals surface area contributed by atoms with E-state index >= 15 is 0 Å². The summed E-state index contributed by atoms with van der Waals surface area (Å²) in [5.41, 5.74) is 6.11. The molecule has 1 aliphatic rings. The Kier molecular flexibility index (Phi) is 4.07. The van der Waals surface area contributed by atoms with Gasteiger partial charge >= 0.3 is 0 Å². The molecule has 0 saturated heterocycles. The monoisotopic (exact) mass is 263 g/mol. The van der Waals surface area contributed by atoms with Gasteiger partial charge < -0.3 is 4.90 Å². The minimum absolute atomic E-state index is 0.131. The molecule has 0 radical (unpaired) electrons. The lowest BCUT2D eigenvalue weighted by Crippen LogP contribution is -2.30. The lowest BCUT2D eigenvalue weighted by Gasteiger charge is -2.31. The van der Waals surface area contributed by atoms with Crippen LogP contribution in [-0.2, 0) is 6.42 Å². The molecule has 1 aromatic rings. The number of carbonyl (C=O) groups excluding carboxylic acids is 1. The molecule has 1 aromatic carbocycles. The fourth-order valence-electron chi connectivity index (χ4n) is 2.39. The zero-order valence-corrected chi connectivity index (χ0v) is 11.6. The Labute approximate surface area is 113 Å². The van der Waals surface area contributed by atoms with E-state index in [0.717, 1.165) is 37.1 Å². The third kappa shape index (κ3) is 2.75. The number of fused-ring (bicyclic) bond motifs is 1. The molecule has 18 heavy (non-hydrogen) atoms. The molecule has 0 bridgehead atoms. The van der Waals surface area contributed by atoms with Crippen LogP contribution in [0.1, 0.15) is 36.2 Å². The largest absolute Gasteiger partial charge is 0.367 e. The predicted octanol–water partition coefficient (Wildman–Crippen LogP) is 3.78. The molecule has 0 aliphatic carbocycles. The highest BCUT2D eigenvalue weighted by atomic mass is 35.5. The van der Waals surface area contributed by atoms with Crippen molar-refractivity contribution in [3.63, 3.8) is 0 Å². The zero-order chi connectivity index (χ0) is 13.1. The molecule has 0 saturated carbocycles. The number of anilines is 1. The molecule has 2 nitrogen and oxygen atoms in total. The number of benzene rings is 1. The quantitative estimate of drug-likeness (QED) is 0.774. The SMILES string of the molecule is CC(=O)c1ccc2c(c1)CCCN2C/C(C)=C/Cl. The predicted molar refractivity (Wildman–Crippen MR) is 76.6 cm³/mol. The van der Waals surface area contributed by atoms with Crippen LogP contribution < -0.4 is 4.90 Å². The molecular weight excluding hydrogens is 246 g/mol. The molecule has 2 rings (SSSR count). The van der Waals surface area contributed by atoms with Gasteiger partial charge in [-0.3, -0.25) is 4.79 Å². The van der Waals surface area contributed by atoms with Gasteiger partial charge in [-0.2, -0.15) is 0 Å². The smallest absolute Gasteiger partial charge is 0.159 e. The summed E-state index contributed by atoms with van der Waals surface area (Å²) in [6.07, 6.45) is 2.18. The Hall–Kier alpha value is -1.28. The summed E-state index contributed by atoms with van der Waals surface area (Å²) in [6, 6.07) is 6.01. The highest BCUT2D eigenvalue weighted by molar-refractivity contribution is 6.25. The molecule has 0 atom stereocenters. The number of Topliss-reactive ketones (excluding diaryl/α,β-unsaturated/α-hetero) is 1. The highest BCUT2D eigenvalue weighted by Gasteiger charge is 2.17. The van der Waals surface area contributed by atoms with E-state index in [2.05, 4.69) is 11.0 Å². The average molecular weight is 264 g/mol. The van der Waals surface area contributed by atoms with Crippen LogP contribution in [0.2, 0.25) is 0 Å². The molecule has 1 heterocycles. The molecular formula is C15H18ClNO. The van der Waals surface area contributed by atoms with Crippen LogP contribution in [0.25, 0.3) is 0 Å². The van der Waals surface area contributed by atoms with Gasteiger partial charge in [0, 0.05) is 29.9 Å². The standard InChI is InChI=1S/C15H18ClNO/c1-11(9-16)10-17-7-3-4-14-8-13(12(2)18)5-6-15(14)17/h5-6,8-9H,3-4,7,10H2,1-2H3/b11-9+. The summed E-state index contributed by atoms with van der Waals surface area (Å²) >= 11 is 5.73. The number of hydrogen-bond acceptors (Lipinski definition) is 2. The summed E-state index contributed by atoms with van der Waals surface area (Å²) < 4.78 is 0. The van der Waals surface area contributed by atoms with Gasteiger partial charge in [0.05, 0.1) is 0 Å². The number of ketones is 1. The summed E-state index contributed by atoms with van der Waals surface area (Å²) in [7, 11) is 0. The number of rotatable bonds is 3. The second-order valence-corrected chi connectivity index (χ2v) is 5.10. The van der Waals surface area contributed by atoms with Crippen LogP contribution in [0.5, 0.6) is 0 Å². The maximum Gasteiger partial charge on any atom is 0.159 e. The van der Waals surface area contributed by atoms with Gasteiger partial charge in [-0.25, -0.2) is 0 Å². The molecule has 96 valence electrons. The molecule has 0 spiro atoms. The van der Waals surface area contributed by atoms with Crippen molar-refractivity contribution in [1.29, 1.82) is 0 Å². The van der Waals surface area contributed by atoms with Crippen molar-refractivity contribution < 1.29 is 4.79 Å². The Morgan fingerprint density at radius 3 is 2.89 bits per heavy atom. The van der Waals surface area contributed by atoms with E-state index < -0.39 is 0 Å². The van der Waals surface area contributed by atoms with Gasteiger partial charge in [-0.15, -0.1) is 0 Å². The minimum Gasteiger partial charge on any atom is -0.367 e. The van der Waals surface area contributed by atoms with Gasteiger partial charge in [0.15, 0.2) is 5.78 Å². The van der Waals surface area contributed by atoms with Crippen molar-refractivity contribution in [2.75, 3.05) is 18.0 Å². The van der Waals surface area contributed by atoms with Crippen molar-refractivity contribution >= 4 is 23.1 Å². The Bertz CT molecular complexity index is 493. The van der Waals surface area contributed by atoms with Crippen LogP contribution in [0, 0.1) is 0 Å². The van der Waals surface area contributed by atoms with Crippen molar-refractivity contribution in [2.24, 2.45) is 0 Å². The lowest BCUT2D eigenvalue weighted by molar-refractivity contribution is 0.101. The van der Waals surface area contributed by atoms with Crippen LogP contribution >= 0.6 is 11.6 Å². The summed E-state index contributed by atoms with van der Waals surface area (Å²) in [4.78, 5) is 13.7. The number of carbonyl (C=O) groups is 1. The van der Waals surface area contributed by atoms with E-state index in [0.29, 0.717) is 0 Å². The molecule has 1 aliphatic heterocycles. The molecule has 0 unspecified atom stereocenters. The maximum atomic E-state index is 11.4. The Morgan fingerprint density at radius 1 is 1.44 bits per heavy atom. The van der Waals surface area contributed by atoms with Crippen LogP contribution in [-0.4, -0.2) is 18.9 Å². The number of nitrogens with zero attached hydrogens (tertiary/aromatic N) is 1. The van der Waals surface area contributed by atoms with E-state index in [1.165, 1.54) is 11.3 Å². The molecule has 0 aromatic heterocycles. The normalized spacial score (nSPS) is 15.5. The summed E-state index contributed by atoms with van der Waals surface area (Å²) in [6.45, 7) is 5.55. The molecule has 0 fully saturated rings. The topological polar surface area (TPSA) is 20.3 Å². The summed E-state index contributed by atoms with van der Waals surface area (Å²) in [5, 5.41) is 0. The second-order valence-electron chi connectivity index (χ2n) is 4.88. The molecule has 0 N–H and O–H groups in total. The van der Waals surface area contributed by atoms with Gasteiger partial charge in [-0.1, -0.05) is 11.6 Å². The Balaban J connectivity index is 2.30. The van der Waals surface area contributed by atoms with Crippen molar-refractivity contribution in [1.82, 2.24) is 0 Å². The fourth-order valence-corrected chi connectivity index (χ4v) is 2.46. The molecule has 0 amide bonds. The van der Waals surface area contributed by atoms with E-state index in [1.807, 2.05) is 19.1 Å². The fraction of sp³-hybridized carbons (Fsp3) is 0.400. The lowest BCUT2D eigenvalue weighted by atomic mass is 9.97. The van der Waals surface area contributed by atoms with Crippen molar-refractivity contribution in [3.05, 3.63) is 40.4 Å². The number of hydrogen-bond donors (Lipinski definition) is 0. The van der Waals surface area contributed by atoms with Crippen LogP contribution in [0.4, 0.5) is 5.69 Å². The van der Waals surface area contributed by atoms with E-state index in [1.54, 1.807) is 12.5 Å². The van der Waals surface area contributed by atoms with E-state index in [9.17, 15) is 4.79 Å². The van der Waals surface area contributed by atoms with Crippen molar-refractivity contribution in [2.45, 2.75) is 26.7 Å². The average Bonchev–Trinajstić information content (AvgIpc) is 2.38.